The summed E-state index contributed by atoms with van der Waals surface area (Å²) in [5.41, 5.74) is 0.799. The van der Waals surface area contributed by atoms with E-state index < -0.39 is 24.0 Å². The van der Waals surface area contributed by atoms with Gasteiger partial charge in [-0.2, -0.15) is 0 Å². The second kappa shape index (κ2) is 10.2. The van der Waals surface area contributed by atoms with Crippen molar-refractivity contribution in [3.8, 4) is 0 Å². The van der Waals surface area contributed by atoms with Crippen molar-refractivity contribution in [2.75, 3.05) is 19.6 Å². The molecular formula is C21H28N4O5. The Morgan fingerprint density at radius 2 is 1.87 bits per heavy atom. The highest BCUT2D eigenvalue weighted by Gasteiger charge is 2.36. The molecule has 0 saturated carbocycles. The molecule has 4 N–H and O–H groups in total. The minimum Gasteiger partial charge on any atom is -0.480 e. The first-order valence-corrected chi connectivity index (χ1v) is 10.3. The SMILES string of the molecule is O=C(O)C(Cc1ccccc1)NC(=O)C1CCCN1C(=O)CNC(=O)C1CCCN1. The number of carbonyl (C=O) groups is 4. The quantitative estimate of drug-likeness (QED) is 0.459. The predicted octanol–water partition coefficient (Wildman–Crippen LogP) is -0.342. The first kappa shape index (κ1) is 21.8. The van der Waals surface area contributed by atoms with E-state index in [-0.39, 0.29) is 30.8 Å². The lowest BCUT2D eigenvalue weighted by Crippen LogP contribution is -2.53. The van der Waals surface area contributed by atoms with Gasteiger partial charge in [0.2, 0.25) is 17.7 Å². The maximum absolute atomic E-state index is 12.7. The number of carbonyl (C=O) groups excluding carboxylic acids is 3. The van der Waals surface area contributed by atoms with Crippen molar-refractivity contribution in [2.45, 2.75) is 50.2 Å². The molecular weight excluding hydrogens is 388 g/mol. The van der Waals surface area contributed by atoms with E-state index in [2.05, 4.69) is 16.0 Å². The molecule has 2 saturated heterocycles. The molecule has 0 aromatic heterocycles. The van der Waals surface area contributed by atoms with Gasteiger partial charge in [-0.15, -0.1) is 0 Å². The fraction of sp³-hybridized carbons (Fsp3) is 0.524. The Bertz CT molecular complexity index is 779. The van der Waals surface area contributed by atoms with Gasteiger partial charge in [0.1, 0.15) is 12.1 Å². The molecule has 0 spiro atoms. The van der Waals surface area contributed by atoms with Crippen LogP contribution < -0.4 is 16.0 Å². The molecule has 2 fully saturated rings. The minimum absolute atomic E-state index is 0.160. The van der Waals surface area contributed by atoms with Crippen molar-refractivity contribution < 1.29 is 24.3 Å². The number of hydrogen-bond donors (Lipinski definition) is 4. The molecule has 3 unspecified atom stereocenters. The number of benzene rings is 1. The van der Waals surface area contributed by atoms with Gasteiger partial charge in [0, 0.05) is 13.0 Å². The van der Waals surface area contributed by atoms with Gasteiger partial charge in [-0.05, 0) is 37.8 Å². The zero-order valence-corrected chi connectivity index (χ0v) is 16.8. The fourth-order valence-electron chi connectivity index (χ4n) is 3.95. The van der Waals surface area contributed by atoms with Gasteiger partial charge in [0.25, 0.3) is 0 Å². The molecule has 9 heteroatoms. The Balaban J connectivity index is 1.55. The van der Waals surface area contributed by atoms with Gasteiger partial charge in [0.15, 0.2) is 0 Å². The summed E-state index contributed by atoms with van der Waals surface area (Å²) in [6.07, 6.45) is 2.94. The van der Waals surface area contributed by atoms with Crippen LogP contribution in [0.2, 0.25) is 0 Å². The first-order valence-electron chi connectivity index (χ1n) is 10.3. The average molecular weight is 416 g/mol. The van der Waals surface area contributed by atoms with Gasteiger partial charge in [-0.25, -0.2) is 4.79 Å². The van der Waals surface area contributed by atoms with Gasteiger partial charge in [0.05, 0.1) is 12.6 Å². The largest absolute Gasteiger partial charge is 0.480 e. The Hall–Kier alpha value is -2.94. The predicted molar refractivity (Wildman–Crippen MR) is 108 cm³/mol. The summed E-state index contributed by atoms with van der Waals surface area (Å²) in [4.78, 5) is 50.5. The molecule has 3 rings (SSSR count). The standard InChI is InChI=1S/C21H28N4O5/c26-18(13-23-19(27)15-8-4-10-22-15)25-11-5-9-17(25)20(28)24-16(21(29)30)12-14-6-2-1-3-7-14/h1-3,6-7,15-17,22H,4-5,8-13H2,(H,23,27)(H,24,28)(H,29,30). The number of amides is 3. The van der Waals surface area contributed by atoms with Crippen molar-refractivity contribution in [2.24, 2.45) is 0 Å². The smallest absolute Gasteiger partial charge is 0.326 e. The third-order valence-corrected chi connectivity index (χ3v) is 5.56. The first-order chi connectivity index (χ1) is 14.5. The molecule has 3 atom stereocenters. The van der Waals surface area contributed by atoms with Crippen molar-refractivity contribution >= 4 is 23.7 Å². The third kappa shape index (κ3) is 5.56. The molecule has 9 nitrogen and oxygen atoms in total. The average Bonchev–Trinajstić information content (AvgIpc) is 3.44. The zero-order chi connectivity index (χ0) is 21.5. The summed E-state index contributed by atoms with van der Waals surface area (Å²) in [5.74, 6) is -2.16. The summed E-state index contributed by atoms with van der Waals surface area (Å²) in [6.45, 7) is 1.02. The fourth-order valence-corrected chi connectivity index (χ4v) is 3.95. The van der Waals surface area contributed by atoms with Gasteiger partial charge < -0.3 is 26.0 Å². The number of nitrogens with zero attached hydrogens (tertiary/aromatic N) is 1. The van der Waals surface area contributed by atoms with E-state index in [1.807, 2.05) is 18.2 Å². The van der Waals surface area contributed by atoms with E-state index in [9.17, 15) is 24.3 Å². The topological polar surface area (TPSA) is 128 Å². The van der Waals surface area contributed by atoms with Crippen LogP contribution >= 0.6 is 0 Å². The van der Waals surface area contributed by atoms with Crippen molar-refractivity contribution in [1.29, 1.82) is 0 Å². The Kier molecular flexibility index (Phi) is 7.40. The number of likely N-dealkylation sites (tertiary alicyclic amines) is 1. The maximum atomic E-state index is 12.7. The summed E-state index contributed by atoms with van der Waals surface area (Å²) in [7, 11) is 0. The van der Waals surface area contributed by atoms with Crippen LogP contribution in [0.4, 0.5) is 0 Å². The molecule has 2 aliphatic rings. The monoisotopic (exact) mass is 416 g/mol. The highest BCUT2D eigenvalue weighted by molar-refractivity contribution is 5.93. The lowest BCUT2D eigenvalue weighted by molar-refractivity contribution is -0.144. The number of carboxylic acids is 1. The van der Waals surface area contributed by atoms with Crippen LogP contribution in [0.25, 0.3) is 0 Å². The van der Waals surface area contributed by atoms with E-state index >= 15 is 0 Å². The van der Waals surface area contributed by atoms with Crippen LogP contribution in [0.15, 0.2) is 30.3 Å². The van der Waals surface area contributed by atoms with E-state index in [0.717, 1.165) is 24.9 Å². The molecule has 1 aromatic carbocycles. The number of aliphatic carboxylic acids is 1. The number of rotatable bonds is 8. The molecule has 162 valence electrons. The van der Waals surface area contributed by atoms with Gasteiger partial charge in [-0.3, -0.25) is 14.4 Å². The van der Waals surface area contributed by atoms with Crippen LogP contribution in [-0.2, 0) is 25.6 Å². The molecule has 2 aliphatic heterocycles. The maximum Gasteiger partial charge on any atom is 0.326 e. The molecule has 0 radical (unpaired) electrons. The highest BCUT2D eigenvalue weighted by atomic mass is 16.4. The second-order valence-corrected chi connectivity index (χ2v) is 7.70. The van der Waals surface area contributed by atoms with E-state index in [1.165, 1.54) is 4.90 Å². The van der Waals surface area contributed by atoms with Crippen LogP contribution in [0.5, 0.6) is 0 Å². The molecule has 30 heavy (non-hydrogen) atoms. The molecule has 0 bridgehead atoms. The van der Waals surface area contributed by atoms with Crippen LogP contribution in [0, 0.1) is 0 Å². The lowest BCUT2D eigenvalue weighted by atomic mass is 10.1. The van der Waals surface area contributed by atoms with Crippen molar-refractivity contribution in [3.05, 3.63) is 35.9 Å². The molecule has 2 heterocycles. The van der Waals surface area contributed by atoms with Crippen molar-refractivity contribution in [1.82, 2.24) is 20.9 Å². The molecule has 3 amide bonds. The highest BCUT2D eigenvalue weighted by Crippen LogP contribution is 2.18. The molecule has 1 aromatic rings. The summed E-state index contributed by atoms with van der Waals surface area (Å²) < 4.78 is 0. The van der Waals surface area contributed by atoms with E-state index in [4.69, 9.17) is 0 Å². The number of hydrogen-bond acceptors (Lipinski definition) is 5. The Morgan fingerprint density at radius 1 is 1.10 bits per heavy atom. The van der Waals surface area contributed by atoms with Crippen LogP contribution in [0.3, 0.4) is 0 Å². The van der Waals surface area contributed by atoms with Crippen LogP contribution in [-0.4, -0.2) is 71.5 Å². The van der Waals surface area contributed by atoms with E-state index in [1.54, 1.807) is 12.1 Å². The Labute approximate surface area is 175 Å². The van der Waals surface area contributed by atoms with E-state index in [0.29, 0.717) is 19.4 Å². The minimum atomic E-state index is -1.13. The normalized spacial score (nSPS) is 21.8. The summed E-state index contributed by atoms with van der Waals surface area (Å²) in [6, 6.07) is 6.98. The zero-order valence-electron chi connectivity index (χ0n) is 16.8. The summed E-state index contributed by atoms with van der Waals surface area (Å²) in [5, 5.41) is 17.8. The third-order valence-electron chi connectivity index (χ3n) is 5.56. The Morgan fingerprint density at radius 3 is 2.53 bits per heavy atom. The second-order valence-electron chi connectivity index (χ2n) is 7.70. The van der Waals surface area contributed by atoms with Gasteiger partial charge >= 0.3 is 5.97 Å². The summed E-state index contributed by atoms with van der Waals surface area (Å²) >= 11 is 0. The van der Waals surface area contributed by atoms with Crippen LogP contribution in [0.1, 0.15) is 31.2 Å². The number of nitrogens with one attached hydrogen (secondary N) is 3. The lowest BCUT2D eigenvalue weighted by Gasteiger charge is -2.26. The van der Waals surface area contributed by atoms with Gasteiger partial charge in [-0.1, -0.05) is 30.3 Å². The van der Waals surface area contributed by atoms with Crippen molar-refractivity contribution in [3.63, 3.8) is 0 Å². The molecule has 0 aliphatic carbocycles. The number of carboxylic acid groups (broad SMARTS) is 1.